The summed E-state index contributed by atoms with van der Waals surface area (Å²) in [5, 5.41) is 0. The van der Waals surface area contributed by atoms with Gasteiger partial charge in [0, 0.05) is 6.92 Å². The largest absolute Gasteiger partial charge is 0.465 e. The van der Waals surface area contributed by atoms with Crippen molar-refractivity contribution in [3.8, 4) is 0 Å². The topological polar surface area (TPSA) is 44.8 Å². The van der Waals surface area contributed by atoms with Gasteiger partial charge in [0.2, 0.25) is 0 Å². The molecular formula is C8H17O4P. The van der Waals surface area contributed by atoms with Crippen molar-refractivity contribution in [2.24, 2.45) is 0 Å². The molecule has 0 aliphatic heterocycles. The van der Waals surface area contributed by atoms with Crippen LogP contribution in [0.2, 0.25) is 0 Å². The van der Waals surface area contributed by atoms with Crippen molar-refractivity contribution in [3.63, 3.8) is 0 Å². The molecule has 5 heteroatoms. The van der Waals surface area contributed by atoms with Crippen molar-refractivity contribution in [3.05, 3.63) is 0 Å². The Morgan fingerprint density at radius 2 is 1.77 bits per heavy atom. The van der Waals surface area contributed by atoms with Gasteiger partial charge in [-0.2, -0.15) is 0 Å². The van der Waals surface area contributed by atoms with Gasteiger partial charge in [0.1, 0.15) is 0 Å². The Kier molecular flexibility index (Phi) is 8.30. The number of hydrogen-bond acceptors (Lipinski definition) is 4. The SMILES string of the molecule is CCOP(CCOC(C)=O)OCC. The first kappa shape index (κ1) is 12.8. The van der Waals surface area contributed by atoms with Crippen LogP contribution < -0.4 is 0 Å². The minimum absolute atomic E-state index is 0.261. The minimum atomic E-state index is -0.869. The standard InChI is InChI=1S/C8H17O4P/c1-4-11-13(12-5-2)7-6-10-8(3)9/h4-7H2,1-3H3. The van der Waals surface area contributed by atoms with Gasteiger partial charge in [-0.1, -0.05) is 0 Å². The molecule has 0 aliphatic carbocycles. The van der Waals surface area contributed by atoms with Gasteiger partial charge in [0.15, 0.2) is 8.38 Å². The van der Waals surface area contributed by atoms with E-state index in [1.165, 1.54) is 6.92 Å². The lowest BCUT2D eigenvalue weighted by Crippen LogP contribution is -2.06. The number of esters is 1. The van der Waals surface area contributed by atoms with E-state index < -0.39 is 8.38 Å². The van der Waals surface area contributed by atoms with E-state index in [-0.39, 0.29) is 5.97 Å². The van der Waals surface area contributed by atoms with Crippen molar-refractivity contribution >= 4 is 14.3 Å². The molecule has 78 valence electrons. The second kappa shape index (κ2) is 8.42. The Labute approximate surface area is 80.5 Å². The smallest absolute Gasteiger partial charge is 0.302 e. The van der Waals surface area contributed by atoms with Crippen LogP contribution in [-0.2, 0) is 18.6 Å². The highest BCUT2D eigenvalue weighted by Gasteiger charge is 2.08. The highest BCUT2D eigenvalue weighted by molar-refractivity contribution is 7.47. The van der Waals surface area contributed by atoms with Crippen molar-refractivity contribution < 1.29 is 18.6 Å². The Balaban J connectivity index is 3.49. The zero-order chi connectivity index (χ0) is 10.1. The summed E-state index contributed by atoms with van der Waals surface area (Å²) in [6, 6.07) is 0. The highest BCUT2D eigenvalue weighted by Crippen LogP contribution is 2.37. The molecule has 0 saturated heterocycles. The fourth-order valence-corrected chi connectivity index (χ4v) is 1.87. The normalized spacial score (nSPS) is 10.5. The van der Waals surface area contributed by atoms with Gasteiger partial charge in [-0.25, -0.2) is 0 Å². The Morgan fingerprint density at radius 3 is 2.15 bits per heavy atom. The predicted octanol–water partition coefficient (Wildman–Crippen LogP) is 1.93. The Morgan fingerprint density at radius 1 is 1.23 bits per heavy atom. The van der Waals surface area contributed by atoms with Crippen LogP contribution in [0.25, 0.3) is 0 Å². The van der Waals surface area contributed by atoms with Crippen molar-refractivity contribution in [1.82, 2.24) is 0 Å². The molecule has 0 aliphatic rings. The van der Waals surface area contributed by atoms with Gasteiger partial charge in [-0.15, -0.1) is 0 Å². The maximum absolute atomic E-state index is 10.4. The quantitative estimate of drug-likeness (QED) is 0.473. The molecule has 0 rings (SSSR count). The minimum Gasteiger partial charge on any atom is -0.465 e. The summed E-state index contributed by atoms with van der Waals surface area (Å²) in [5.74, 6) is -0.261. The van der Waals surface area contributed by atoms with Crippen molar-refractivity contribution in [2.75, 3.05) is 26.0 Å². The van der Waals surface area contributed by atoms with E-state index in [0.717, 1.165) is 0 Å². The lowest BCUT2D eigenvalue weighted by atomic mass is 10.8. The van der Waals surface area contributed by atoms with E-state index in [9.17, 15) is 4.79 Å². The van der Waals surface area contributed by atoms with E-state index in [0.29, 0.717) is 26.0 Å². The summed E-state index contributed by atoms with van der Waals surface area (Å²) in [5.41, 5.74) is 0. The molecule has 0 amide bonds. The maximum atomic E-state index is 10.4. The molecule has 0 saturated carbocycles. The first-order chi connectivity index (χ1) is 6.20. The van der Waals surface area contributed by atoms with Crippen LogP contribution in [0.3, 0.4) is 0 Å². The van der Waals surface area contributed by atoms with E-state index in [1.807, 2.05) is 13.8 Å². The molecule has 0 aromatic rings. The van der Waals surface area contributed by atoms with E-state index in [2.05, 4.69) is 0 Å². The molecule has 0 atom stereocenters. The van der Waals surface area contributed by atoms with Crippen LogP contribution in [0.1, 0.15) is 20.8 Å². The molecule has 0 aromatic heterocycles. The number of rotatable bonds is 7. The van der Waals surface area contributed by atoms with Gasteiger partial charge in [0.05, 0.1) is 26.0 Å². The monoisotopic (exact) mass is 208 g/mol. The fraction of sp³-hybridized carbons (Fsp3) is 0.875. The van der Waals surface area contributed by atoms with Crippen LogP contribution in [-0.4, -0.2) is 32.0 Å². The average molecular weight is 208 g/mol. The first-order valence-corrected chi connectivity index (χ1v) is 5.73. The summed E-state index contributed by atoms with van der Waals surface area (Å²) < 4.78 is 15.4. The third kappa shape index (κ3) is 8.16. The lowest BCUT2D eigenvalue weighted by Gasteiger charge is -2.14. The van der Waals surface area contributed by atoms with Crippen molar-refractivity contribution in [2.45, 2.75) is 20.8 Å². The number of ether oxygens (including phenoxy) is 1. The molecule has 13 heavy (non-hydrogen) atoms. The number of hydrogen-bond donors (Lipinski definition) is 0. The second-order valence-corrected chi connectivity index (χ2v) is 3.86. The highest BCUT2D eigenvalue weighted by atomic mass is 31.2. The molecule has 0 fully saturated rings. The summed E-state index contributed by atoms with van der Waals surface area (Å²) in [4.78, 5) is 10.4. The summed E-state index contributed by atoms with van der Waals surface area (Å²) in [6.07, 6.45) is 0.649. The summed E-state index contributed by atoms with van der Waals surface area (Å²) >= 11 is 0. The number of carbonyl (C=O) groups is 1. The van der Waals surface area contributed by atoms with Gasteiger partial charge < -0.3 is 13.8 Å². The zero-order valence-electron chi connectivity index (χ0n) is 8.41. The van der Waals surface area contributed by atoms with Crippen LogP contribution >= 0.6 is 8.38 Å². The molecule has 4 nitrogen and oxygen atoms in total. The predicted molar refractivity (Wildman–Crippen MR) is 51.7 cm³/mol. The van der Waals surface area contributed by atoms with Crippen LogP contribution in [0.4, 0.5) is 0 Å². The average Bonchev–Trinajstić information content (AvgIpc) is 2.04. The van der Waals surface area contributed by atoms with E-state index in [1.54, 1.807) is 0 Å². The van der Waals surface area contributed by atoms with Gasteiger partial charge in [-0.3, -0.25) is 4.79 Å². The molecule has 0 aromatic carbocycles. The third-order valence-electron chi connectivity index (χ3n) is 1.13. The molecular weight excluding hydrogens is 191 g/mol. The van der Waals surface area contributed by atoms with Gasteiger partial charge in [0.25, 0.3) is 0 Å². The summed E-state index contributed by atoms with van der Waals surface area (Å²) in [6.45, 7) is 6.86. The van der Waals surface area contributed by atoms with Crippen LogP contribution in [0, 0.1) is 0 Å². The zero-order valence-corrected chi connectivity index (χ0v) is 9.30. The first-order valence-electron chi connectivity index (χ1n) is 4.37. The molecule has 0 N–H and O–H groups in total. The molecule has 0 radical (unpaired) electrons. The fourth-order valence-electron chi connectivity index (χ4n) is 0.718. The summed E-state index contributed by atoms with van der Waals surface area (Å²) in [7, 11) is -0.869. The maximum Gasteiger partial charge on any atom is 0.302 e. The number of carbonyl (C=O) groups excluding carboxylic acids is 1. The van der Waals surface area contributed by atoms with Gasteiger partial charge in [-0.05, 0) is 13.8 Å². The Bertz CT molecular complexity index is 134. The lowest BCUT2D eigenvalue weighted by molar-refractivity contribution is -0.140. The van der Waals surface area contributed by atoms with E-state index >= 15 is 0 Å². The van der Waals surface area contributed by atoms with Crippen LogP contribution in [0.15, 0.2) is 0 Å². The Hall–Kier alpha value is -0.180. The molecule has 0 bridgehead atoms. The molecule has 0 unspecified atom stereocenters. The van der Waals surface area contributed by atoms with Crippen LogP contribution in [0.5, 0.6) is 0 Å². The molecule has 0 heterocycles. The second-order valence-electron chi connectivity index (χ2n) is 2.23. The van der Waals surface area contributed by atoms with Gasteiger partial charge >= 0.3 is 5.97 Å². The molecule has 0 spiro atoms. The van der Waals surface area contributed by atoms with E-state index in [4.69, 9.17) is 13.8 Å². The van der Waals surface area contributed by atoms with Crippen molar-refractivity contribution in [1.29, 1.82) is 0 Å². The third-order valence-corrected chi connectivity index (χ3v) is 2.77.